The van der Waals surface area contributed by atoms with Gasteiger partial charge in [0.15, 0.2) is 0 Å². The van der Waals surface area contributed by atoms with Gasteiger partial charge in [0, 0.05) is 23.0 Å². The van der Waals surface area contributed by atoms with Crippen LogP contribution in [0.1, 0.15) is 30.4 Å². The number of halogens is 3. The molecule has 1 saturated carbocycles. The number of hydrogen-bond donors (Lipinski definition) is 2. The molecule has 4 nitrogen and oxygen atoms in total. The quantitative estimate of drug-likeness (QED) is 0.606. The highest BCUT2D eigenvalue weighted by atomic mass is 19.4. The second-order valence-electron chi connectivity index (χ2n) is 7.01. The van der Waals surface area contributed by atoms with Gasteiger partial charge in [-0.25, -0.2) is 0 Å². The Kier molecular flexibility index (Phi) is 4.75. The minimum Gasteiger partial charge on any atom is -0.489 e. The van der Waals surface area contributed by atoms with Gasteiger partial charge in [-0.3, -0.25) is 4.79 Å². The lowest BCUT2D eigenvalue weighted by Crippen LogP contribution is -2.27. The van der Waals surface area contributed by atoms with Crippen LogP contribution in [0, 0.1) is 5.92 Å². The molecule has 0 bridgehead atoms. The van der Waals surface area contributed by atoms with Crippen LogP contribution in [-0.4, -0.2) is 10.9 Å². The largest absolute Gasteiger partial charge is 0.489 e. The summed E-state index contributed by atoms with van der Waals surface area (Å²) in [6, 6.07) is 10.3. The van der Waals surface area contributed by atoms with Gasteiger partial charge in [-0.2, -0.15) is 13.2 Å². The highest BCUT2D eigenvalue weighted by Gasteiger charge is 2.30. The minimum absolute atomic E-state index is 0.0308. The molecule has 2 N–H and O–H groups in total. The zero-order valence-electron chi connectivity index (χ0n) is 15.0. The Morgan fingerprint density at radius 3 is 2.54 bits per heavy atom. The minimum atomic E-state index is -4.35. The monoisotopic (exact) mass is 388 g/mol. The van der Waals surface area contributed by atoms with Crippen molar-refractivity contribution in [1.82, 2.24) is 4.98 Å². The molecule has 1 fully saturated rings. The number of benzene rings is 2. The van der Waals surface area contributed by atoms with Crippen molar-refractivity contribution in [3.05, 3.63) is 59.8 Å². The van der Waals surface area contributed by atoms with E-state index in [0.29, 0.717) is 17.0 Å². The normalized spacial score (nSPS) is 14.7. The van der Waals surface area contributed by atoms with E-state index in [4.69, 9.17) is 4.74 Å². The molecule has 1 aromatic heterocycles. The number of aromatic amines is 1. The summed E-state index contributed by atoms with van der Waals surface area (Å²) < 4.78 is 43.6. The van der Waals surface area contributed by atoms with Crippen molar-refractivity contribution in [2.24, 2.45) is 5.92 Å². The molecule has 4 rings (SSSR count). The van der Waals surface area contributed by atoms with Crippen LogP contribution in [0.15, 0.2) is 48.7 Å². The Morgan fingerprint density at radius 2 is 1.89 bits per heavy atom. The van der Waals surface area contributed by atoms with Gasteiger partial charge in [-0.1, -0.05) is 18.6 Å². The number of fused-ring (bicyclic) bond motifs is 1. The third kappa shape index (κ3) is 3.83. The van der Waals surface area contributed by atoms with Crippen LogP contribution in [0.25, 0.3) is 10.9 Å². The van der Waals surface area contributed by atoms with Crippen molar-refractivity contribution in [1.29, 1.82) is 0 Å². The predicted molar refractivity (Wildman–Crippen MR) is 100 cm³/mol. The van der Waals surface area contributed by atoms with Gasteiger partial charge >= 0.3 is 6.18 Å². The molecule has 0 radical (unpaired) electrons. The highest BCUT2D eigenvalue weighted by molar-refractivity contribution is 6.02. The van der Waals surface area contributed by atoms with Crippen molar-refractivity contribution in [2.75, 3.05) is 5.32 Å². The maximum atomic E-state index is 12.6. The molecule has 28 heavy (non-hydrogen) atoms. The van der Waals surface area contributed by atoms with Crippen molar-refractivity contribution >= 4 is 22.5 Å². The van der Waals surface area contributed by atoms with Gasteiger partial charge in [0.25, 0.3) is 0 Å². The number of ether oxygens (including phenoxy) is 1. The molecule has 3 aromatic rings. The van der Waals surface area contributed by atoms with Crippen LogP contribution >= 0.6 is 0 Å². The van der Waals surface area contributed by atoms with E-state index < -0.39 is 11.7 Å². The van der Waals surface area contributed by atoms with Crippen molar-refractivity contribution in [3.63, 3.8) is 0 Å². The average molecular weight is 388 g/mol. The number of hydrogen-bond acceptors (Lipinski definition) is 2. The van der Waals surface area contributed by atoms with Gasteiger partial charge in [0.05, 0.1) is 11.3 Å². The number of rotatable bonds is 5. The summed E-state index contributed by atoms with van der Waals surface area (Å²) >= 11 is 0. The SMILES string of the molecule is O=C(Nc1c[nH]c2ccc(OCc3ccc(C(F)(F)F)cc3)cc12)C1CCC1. The molecule has 146 valence electrons. The van der Waals surface area contributed by atoms with Gasteiger partial charge in [-0.05, 0) is 48.7 Å². The average Bonchev–Trinajstić information content (AvgIpc) is 3.00. The molecule has 1 aliphatic carbocycles. The first kappa shape index (κ1) is 18.4. The second kappa shape index (κ2) is 7.22. The lowest BCUT2D eigenvalue weighted by Gasteiger charge is -2.23. The molecule has 0 unspecified atom stereocenters. The summed E-state index contributed by atoms with van der Waals surface area (Å²) in [4.78, 5) is 15.3. The number of amides is 1. The molecular weight excluding hydrogens is 369 g/mol. The zero-order chi connectivity index (χ0) is 19.7. The van der Waals surface area contributed by atoms with Crippen LogP contribution in [0.5, 0.6) is 5.75 Å². The first-order chi connectivity index (χ1) is 13.4. The standard InChI is InChI=1S/C21H19F3N2O2/c22-21(23,24)15-6-4-13(5-7-15)12-28-16-8-9-18-17(10-16)19(11-25-18)26-20(27)14-2-1-3-14/h4-11,14,25H,1-3,12H2,(H,26,27). The van der Waals surface area contributed by atoms with Crippen molar-refractivity contribution in [2.45, 2.75) is 32.0 Å². The number of alkyl halides is 3. The van der Waals surface area contributed by atoms with Crippen molar-refractivity contribution in [3.8, 4) is 5.75 Å². The van der Waals surface area contributed by atoms with Crippen LogP contribution in [0.2, 0.25) is 0 Å². The summed E-state index contributed by atoms with van der Waals surface area (Å²) in [5.74, 6) is 0.693. The summed E-state index contributed by atoms with van der Waals surface area (Å²) in [6.45, 7) is 0.151. The van der Waals surface area contributed by atoms with E-state index in [1.807, 2.05) is 12.1 Å². The molecule has 0 saturated heterocycles. The van der Waals surface area contributed by atoms with E-state index in [9.17, 15) is 18.0 Å². The fourth-order valence-electron chi connectivity index (χ4n) is 3.15. The van der Waals surface area contributed by atoms with Crippen LogP contribution in [0.3, 0.4) is 0 Å². The molecule has 0 aliphatic heterocycles. The smallest absolute Gasteiger partial charge is 0.416 e. The fraction of sp³-hybridized carbons (Fsp3) is 0.286. The summed E-state index contributed by atoms with van der Waals surface area (Å²) in [5, 5.41) is 3.79. The molecule has 1 amide bonds. The van der Waals surface area contributed by atoms with Gasteiger partial charge in [-0.15, -0.1) is 0 Å². The third-order valence-electron chi connectivity index (χ3n) is 5.07. The first-order valence-electron chi connectivity index (χ1n) is 9.11. The van der Waals surface area contributed by atoms with Crippen LogP contribution in [-0.2, 0) is 17.6 Å². The van der Waals surface area contributed by atoms with Gasteiger partial charge in [0.2, 0.25) is 5.91 Å². The molecule has 1 aliphatic rings. The van der Waals surface area contributed by atoms with Crippen LogP contribution in [0.4, 0.5) is 18.9 Å². The molecule has 1 heterocycles. The molecule has 0 atom stereocenters. The molecule has 2 aromatic carbocycles. The van der Waals surface area contributed by atoms with Gasteiger partial charge < -0.3 is 15.0 Å². The lowest BCUT2D eigenvalue weighted by atomic mass is 9.85. The summed E-state index contributed by atoms with van der Waals surface area (Å²) in [6.07, 6.45) is 0.346. The first-order valence-corrected chi connectivity index (χ1v) is 9.11. The maximum Gasteiger partial charge on any atom is 0.416 e. The van der Waals surface area contributed by atoms with E-state index in [1.54, 1.807) is 12.3 Å². The Balaban J connectivity index is 1.45. The zero-order valence-corrected chi connectivity index (χ0v) is 15.0. The van der Waals surface area contributed by atoms with Crippen molar-refractivity contribution < 1.29 is 22.7 Å². The molecule has 7 heteroatoms. The molecular formula is C21H19F3N2O2. The fourth-order valence-corrected chi connectivity index (χ4v) is 3.15. The number of aromatic nitrogens is 1. The molecule has 0 spiro atoms. The van der Waals surface area contributed by atoms with E-state index in [1.165, 1.54) is 12.1 Å². The Morgan fingerprint density at radius 1 is 1.14 bits per heavy atom. The topological polar surface area (TPSA) is 54.1 Å². The number of H-pyrrole nitrogens is 1. The van der Waals surface area contributed by atoms with Gasteiger partial charge in [0.1, 0.15) is 12.4 Å². The number of carbonyl (C=O) groups is 1. The van der Waals surface area contributed by atoms with E-state index in [-0.39, 0.29) is 18.4 Å². The summed E-state index contributed by atoms with van der Waals surface area (Å²) in [5.41, 5.74) is 1.52. The summed E-state index contributed by atoms with van der Waals surface area (Å²) in [7, 11) is 0. The Bertz CT molecular complexity index is 989. The van der Waals surface area contributed by atoms with Crippen LogP contribution < -0.4 is 10.1 Å². The number of carbonyl (C=O) groups excluding carboxylic acids is 1. The second-order valence-corrected chi connectivity index (χ2v) is 7.01. The van der Waals surface area contributed by atoms with E-state index >= 15 is 0 Å². The maximum absolute atomic E-state index is 12.6. The number of nitrogens with one attached hydrogen (secondary N) is 2. The van der Waals surface area contributed by atoms with E-state index in [2.05, 4.69) is 10.3 Å². The van der Waals surface area contributed by atoms with E-state index in [0.717, 1.165) is 42.3 Å². The lowest BCUT2D eigenvalue weighted by molar-refractivity contribution is -0.137. The predicted octanol–water partition coefficient (Wildman–Crippen LogP) is 5.50. The third-order valence-corrected chi connectivity index (χ3v) is 5.07. The number of anilines is 1. The Hall–Kier alpha value is -2.96. The highest BCUT2D eigenvalue weighted by Crippen LogP contribution is 2.32. The Labute approximate surface area is 159 Å².